The highest BCUT2D eigenvalue weighted by atomic mass is 16.3. The van der Waals surface area contributed by atoms with Gasteiger partial charge in [0.05, 0.1) is 0 Å². The molecule has 1 heteroatoms. The zero-order valence-corrected chi connectivity index (χ0v) is 16.8. The fourth-order valence-corrected chi connectivity index (χ4v) is 4.55. The first-order valence-corrected chi connectivity index (χ1v) is 10.8. The SMILES string of the molecule is CCCCCCCCc1ccc(C2(O)c3ccccc3-c3ccccc32)cc1. The minimum atomic E-state index is -1.06. The molecule has 3 aromatic carbocycles. The van der Waals surface area contributed by atoms with Gasteiger partial charge in [0.2, 0.25) is 0 Å². The van der Waals surface area contributed by atoms with Crippen molar-refractivity contribution >= 4 is 0 Å². The number of hydrogen-bond donors (Lipinski definition) is 1. The van der Waals surface area contributed by atoms with Gasteiger partial charge in [0.1, 0.15) is 5.60 Å². The van der Waals surface area contributed by atoms with Gasteiger partial charge in [0.25, 0.3) is 0 Å². The van der Waals surface area contributed by atoms with Crippen molar-refractivity contribution in [2.75, 3.05) is 0 Å². The van der Waals surface area contributed by atoms with Crippen LogP contribution in [-0.2, 0) is 12.0 Å². The van der Waals surface area contributed by atoms with Crippen molar-refractivity contribution in [2.24, 2.45) is 0 Å². The average molecular weight is 371 g/mol. The van der Waals surface area contributed by atoms with E-state index >= 15 is 0 Å². The standard InChI is InChI=1S/C27H30O/c1-2-3-4-5-6-7-12-21-17-19-22(20-18-21)27(28)25-15-10-8-13-23(25)24-14-9-11-16-26(24)27/h8-11,13-20,28H,2-7,12H2,1H3. The first-order valence-electron chi connectivity index (χ1n) is 10.8. The Labute approximate surface area is 169 Å². The monoisotopic (exact) mass is 370 g/mol. The predicted molar refractivity (Wildman–Crippen MR) is 118 cm³/mol. The van der Waals surface area contributed by atoms with E-state index in [4.69, 9.17) is 0 Å². The molecule has 1 nitrogen and oxygen atoms in total. The maximum absolute atomic E-state index is 11.9. The van der Waals surface area contributed by atoms with Crippen LogP contribution in [0.25, 0.3) is 11.1 Å². The molecule has 0 spiro atoms. The second kappa shape index (κ2) is 8.32. The van der Waals surface area contributed by atoms with Gasteiger partial charge in [-0.3, -0.25) is 0 Å². The van der Waals surface area contributed by atoms with Crippen LogP contribution in [0.3, 0.4) is 0 Å². The van der Waals surface area contributed by atoms with Crippen molar-refractivity contribution in [2.45, 2.75) is 57.5 Å². The second-order valence-electron chi connectivity index (χ2n) is 8.02. The summed E-state index contributed by atoms with van der Waals surface area (Å²) in [6.07, 6.45) is 9.05. The van der Waals surface area contributed by atoms with Gasteiger partial charge in [-0.25, -0.2) is 0 Å². The highest BCUT2D eigenvalue weighted by molar-refractivity contribution is 5.82. The molecule has 144 valence electrons. The van der Waals surface area contributed by atoms with E-state index in [-0.39, 0.29) is 0 Å². The Hall–Kier alpha value is -2.38. The van der Waals surface area contributed by atoms with Gasteiger partial charge in [-0.15, -0.1) is 0 Å². The Kier molecular flexibility index (Phi) is 5.64. The van der Waals surface area contributed by atoms with Crippen LogP contribution in [0.4, 0.5) is 0 Å². The van der Waals surface area contributed by atoms with E-state index in [1.807, 2.05) is 24.3 Å². The molecule has 0 aromatic heterocycles. The lowest BCUT2D eigenvalue weighted by Gasteiger charge is -2.26. The topological polar surface area (TPSA) is 20.2 Å². The predicted octanol–water partition coefficient (Wildman–Crippen LogP) is 6.85. The average Bonchev–Trinajstić information content (AvgIpc) is 3.01. The Morgan fingerprint density at radius 3 is 1.79 bits per heavy atom. The number of hydrogen-bond acceptors (Lipinski definition) is 1. The van der Waals surface area contributed by atoms with Crippen LogP contribution in [0, 0.1) is 0 Å². The van der Waals surface area contributed by atoms with Crippen molar-refractivity contribution < 1.29 is 5.11 Å². The zero-order valence-electron chi connectivity index (χ0n) is 16.8. The minimum absolute atomic E-state index is 0.955. The van der Waals surface area contributed by atoms with Crippen LogP contribution in [0.5, 0.6) is 0 Å². The maximum atomic E-state index is 11.9. The second-order valence-corrected chi connectivity index (χ2v) is 8.02. The summed E-state index contributed by atoms with van der Waals surface area (Å²) in [6.45, 7) is 2.26. The molecule has 0 saturated heterocycles. The maximum Gasteiger partial charge on any atom is 0.141 e. The number of rotatable bonds is 8. The van der Waals surface area contributed by atoms with Crippen LogP contribution in [0.2, 0.25) is 0 Å². The van der Waals surface area contributed by atoms with Crippen LogP contribution in [0.1, 0.15) is 67.7 Å². The van der Waals surface area contributed by atoms with Gasteiger partial charge < -0.3 is 5.11 Å². The fourth-order valence-electron chi connectivity index (χ4n) is 4.55. The molecule has 0 atom stereocenters. The summed E-state index contributed by atoms with van der Waals surface area (Å²) in [6, 6.07) is 25.1. The molecule has 1 N–H and O–H groups in total. The molecule has 0 aliphatic heterocycles. The number of aryl methyl sites for hydroxylation is 1. The van der Waals surface area contributed by atoms with Crippen molar-refractivity contribution in [3.05, 3.63) is 95.1 Å². The molecule has 28 heavy (non-hydrogen) atoms. The lowest BCUT2D eigenvalue weighted by Crippen LogP contribution is -2.26. The number of fused-ring (bicyclic) bond motifs is 3. The molecular weight excluding hydrogens is 340 g/mol. The normalized spacial score (nSPS) is 13.9. The van der Waals surface area contributed by atoms with Crippen molar-refractivity contribution in [1.82, 2.24) is 0 Å². The summed E-state index contributed by atoms with van der Waals surface area (Å²) in [5.74, 6) is 0. The summed E-state index contributed by atoms with van der Waals surface area (Å²) in [5.41, 5.74) is 5.50. The molecule has 0 unspecified atom stereocenters. The molecular formula is C27H30O. The van der Waals surface area contributed by atoms with Gasteiger partial charge in [-0.2, -0.15) is 0 Å². The van der Waals surface area contributed by atoms with Crippen molar-refractivity contribution in [3.8, 4) is 11.1 Å². The molecule has 1 aliphatic rings. The van der Waals surface area contributed by atoms with Crippen LogP contribution in [-0.4, -0.2) is 5.11 Å². The van der Waals surface area contributed by atoms with Gasteiger partial charge in [-0.1, -0.05) is 112 Å². The summed E-state index contributed by atoms with van der Waals surface area (Å²) in [7, 11) is 0. The molecule has 1 aliphatic carbocycles. The third-order valence-electron chi connectivity index (χ3n) is 6.11. The quantitative estimate of drug-likeness (QED) is 0.430. The summed E-state index contributed by atoms with van der Waals surface area (Å²) in [4.78, 5) is 0. The Morgan fingerprint density at radius 1 is 0.643 bits per heavy atom. The highest BCUT2D eigenvalue weighted by Gasteiger charge is 2.42. The van der Waals surface area contributed by atoms with Crippen molar-refractivity contribution in [3.63, 3.8) is 0 Å². The third-order valence-corrected chi connectivity index (χ3v) is 6.11. The van der Waals surface area contributed by atoms with Gasteiger partial charge in [-0.05, 0) is 35.1 Å². The first kappa shape index (κ1) is 19.0. The Morgan fingerprint density at radius 2 is 1.18 bits per heavy atom. The van der Waals surface area contributed by atoms with E-state index in [1.165, 1.54) is 44.1 Å². The van der Waals surface area contributed by atoms with E-state index in [0.29, 0.717) is 0 Å². The molecule has 0 radical (unpaired) electrons. The Balaban J connectivity index is 1.54. The molecule has 4 rings (SSSR count). The molecule has 0 heterocycles. The summed E-state index contributed by atoms with van der Waals surface area (Å²) in [5, 5.41) is 11.9. The van der Waals surface area contributed by atoms with E-state index in [2.05, 4.69) is 55.5 Å². The van der Waals surface area contributed by atoms with E-state index < -0.39 is 5.60 Å². The molecule has 0 amide bonds. The first-order chi connectivity index (χ1) is 13.7. The van der Waals surface area contributed by atoms with E-state index in [9.17, 15) is 5.11 Å². The minimum Gasteiger partial charge on any atom is -0.376 e. The largest absolute Gasteiger partial charge is 0.376 e. The van der Waals surface area contributed by atoms with Gasteiger partial charge >= 0.3 is 0 Å². The molecule has 3 aromatic rings. The lowest BCUT2D eigenvalue weighted by molar-refractivity contribution is 0.130. The number of benzene rings is 3. The van der Waals surface area contributed by atoms with Crippen LogP contribution < -0.4 is 0 Å². The highest BCUT2D eigenvalue weighted by Crippen LogP contribution is 2.50. The van der Waals surface area contributed by atoms with Crippen molar-refractivity contribution in [1.29, 1.82) is 0 Å². The Bertz CT molecular complexity index is 878. The zero-order chi connectivity index (χ0) is 19.4. The van der Waals surface area contributed by atoms with Gasteiger partial charge in [0, 0.05) is 11.1 Å². The molecule has 0 saturated carbocycles. The van der Waals surface area contributed by atoms with E-state index in [1.54, 1.807) is 0 Å². The van der Waals surface area contributed by atoms with Gasteiger partial charge in [0.15, 0.2) is 0 Å². The molecule has 0 fully saturated rings. The number of unbranched alkanes of at least 4 members (excludes halogenated alkanes) is 5. The smallest absolute Gasteiger partial charge is 0.141 e. The third kappa shape index (κ3) is 3.40. The van der Waals surface area contributed by atoms with Crippen LogP contribution >= 0.6 is 0 Å². The fraction of sp³-hybridized carbons (Fsp3) is 0.333. The number of aliphatic hydroxyl groups is 1. The molecule has 0 bridgehead atoms. The van der Waals surface area contributed by atoms with E-state index in [0.717, 1.165) is 34.2 Å². The summed E-state index contributed by atoms with van der Waals surface area (Å²) >= 11 is 0. The summed E-state index contributed by atoms with van der Waals surface area (Å²) < 4.78 is 0. The lowest BCUT2D eigenvalue weighted by atomic mass is 9.84. The van der Waals surface area contributed by atoms with Crippen LogP contribution in [0.15, 0.2) is 72.8 Å².